The maximum absolute atomic E-state index is 12.2. The van der Waals surface area contributed by atoms with E-state index in [1.54, 1.807) is 42.8 Å². The van der Waals surface area contributed by atoms with Crippen molar-refractivity contribution in [3.8, 4) is 22.1 Å². The normalized spacial score (nSPS) is 11.2. The molecule has 5 rings (SSSR count). The van der Waals surface area contributed by atoms with E-state index < -0.39 is 12.1 Å². The molecule has 4 heterocycles. The number of carbonyl (C=O) groups excluding carboxylic acids is 2. The van der Waals surface area contributed by atoms with Gasteiger partial charge in [0, 0.05) is 40.5 Å². The van der Waals surface area contributed by atoms with Gasteiger partial charge in [-0.25, -0.2) is 9.59 Å². The fourth-order valence-corrected chi connectivity index (χ4v) is 5.72. The number of amides is 1. The van der Waals surface area contributed by atoms with Gasteiger partial charge in [0.15, 0.2) is 0 Å². The zero-order chi connectivity index (χ0) is 22.4. The van der Waals surface area contributed by atoms with Gasteiger partial charge in [-0.15, -0.1) is 22.7 Å². The number of esters is 1. The Bertz CT molecular complexity index is 1520. The third kappa shape index (κ3) is 3.49. The van der Waals surface area contributed by atoms with Crippen molar-refractivity contribution in [2.24, 2.45) is 12.8 Å². The number of nitrogens with two attached hydrogens (primary N) is 1. The molecule has 8 nitrogen and oxygen atoms in total. The first-order valence-electron chi connectivity index (χ1n) is 9.50. The minimum absolute atomic E-state index is 0.334. The number of carbonyl (C=O) groups is 2. The maximum atomic E-state index is 12.2. The van der Waals surface area contributed by atoms with Crippen molar-refractivity contribution in [3.05, 3.63) is 59.2 Å². The molecule has 0 saturated heterocycles. The molecule has 2 N–H and O–H groups in total. The highest BCUT2D eigenvalue weighted by molar-refractivity contribution is 7.22. The molecular formula is C22H16N4O4S2. The van der Waals surface area contributed by atoms with Crippen molar-refractivity contribution in [1.29, 1.82) is 0 Å². The number of aromatic nitrogens is 3. The van der Waals surface area contributed by atoms with Gasteiger partial charge in [-0.05, 0) is 37.3 Å². The van der Waals surface area contributed by atoms with Gasteiger partial charge >= 0.3 is 12.1 Å². The van der Waals surface area contributed by atoms with Crippen LogP contribution in [0.1, 0.15) is 15.2 Å². The molecule has 0 radical (unpaired) electrons. The van der Waals surface area contributed by atoms with Gasteiger partial charge in [-0.1, -0.05) is 0 Å². The second kappa shape index (κ2) is 7.74. The Balaban J connectivity index is 1.51. The van der Waals surface area contributed by atoms with Gasteiger partial charge < -0.3 is 15.2 Å². The van der Waals surface area contributed by atoms with Crippen molar-refractivity contribution in [1.82, 2.24) is 14.8 Å². The van der Waals surface area contributed by atoms with E-state index in [0.29, 0.717) is 22.4 Å². The summed E-state index contributed by atoms with van der Waals surface area (Å²) in [4.78, 5) is 29.4. The van der Waals surface area contributed by atoms with E-state index in [1.165, 1.54) is 11.3 Å². The van der Waals surface area contributed by atoms with Gasteiger partial charge in [0.05, 0.1) is 26.4 Å². The first kappa shape index (κ1) is 20.2. The third-order valence-corrected chi connectivity index (χ3v) is 7.14. The molecule has 4 aromatic heterocycles. The summed E-state index contributed by atoms with van der Waals surface area (Å²) < 4.78 is 14.3. The van der Waals surface area contributed by atoms with Gasteiger partial charge in [0.2, 0.25) is 0 Å². The number of primary amides is 1. The fraction of sp³-hybridized carbons (Fsp3) is 0.0909. The fourth-order valence-electron chi connectivity index (χ4n) is 3.52. The molecule has 0 bridgehead atoms. The molecule has 5 aromatic rings. The summed E-state index contributed by atoms with van der Waals surface area (Å²) in [5, 5.41) is 4.91. The van der Waals surface area contributed by atoms with E-state index in [4.69, 9.17) is 10.5 Å². The molecule has 0 unspecified atom stereocenters. The summed E-state index contributed by atoms with van der Waals surface area (Å²) in [5.74, 6) is 0.554. The second-order valence-electron chi connectivity index (χ2n) is 6.98. The number of fused-ring (bicyclic) bond motifs is 2. The van der Waals surface area contributed by atoms with E-state index in [1.807, 2.05) is 36.0 Å². The lowest BCUT2D eigenvalue weighted by molar-refractivity contribution is 0.0640. The van der Waals surface area contributed by atoms with Gasteiger partial charge in [-0.3, -0.25) is 9.67 Å². The van der Waals surface area contributed by atoms with Crippen LogP contribution in [0.5, 0.6) is 11.5 Å². The zero-order valence-corrected chi connectivity index (χ0v) is 18.6. The van der Waals surface area contributed by atoms with Crippen molar-refractivity contribution in [2.45, 2.75) is 6.92 Å². The van der Waals surface area contributed by atoms with Crippen LogP contribution >= 0.6 is 22.7 Å². The molecule has 1 aromatic carbocycles. The molecule has 0 atom stereocenters. The molecule has 0 aliphatic heterocycles. The number of benzene rings is 1. The van der Waals surface area contributed by atoms with E-state index in [9.17, 15) is 9.59 Å². The highest BCUT2D eigenvalue weighted by atomic mass is 32.1. The maximum Gasteiger partial charge on any atom is 0.412 e. The third-order valence-electron chi connectivity index (χ3n) is 4.91. The van der Waals surface area contributed by atoms with Gasteiger partial charge in [-0.2, -0.15) is 5.10 Å². The molecule has 160 valence electrons. The molecule has 32 heavy (non-hydrogen) atoms. The van der Waals surface area contributed by atoms with E-state index in [0.717, 1.165) is 30.4 Å². The minimum atomic E-state index is -1.13. The average molecular weight is 465 g/mol. The van der Waals surface area contributed by atoms with Crippen molar-refractivity contribution < 1.29 is 19.1 Å². The molecular weight excluding hydrogens is 448 g/mol. The van der Waals surface area contributed by atoms with Crippen molar-refractivity contribution in [3.63, 3.8) is 0 Å². The number of pyridine rings is 1. The Hall–Kier alpha value is -3.76. The highest BCUT2D eigenvalue weighted by Gasteiger charge is 2.20. The summed E-state index contributed by atoms with van der Waals surface area (Å²) >= 11 is 3.00. The lowest BCUT2D eigenvalue weighted by atomic mass is 10.1. The van der Waals surface area contributed by atoms with Crippen molar-refractivity contribution >= 4 is 55.0 Å². The predicted molar refractivity (Wildman–Crippen MR) is 123 cm³/mol. The van der Waals surface area contributed by atoms with Gasteiger partial charge in [0.1, 0.15) is 11.5 Å². The Morgan fingerprint density at radius 3 is 2.69 bits per heavy atom. The molecule has 0 spiro atoms. The summed E-state index contributed by atoms with van der Waals surface area (Å²) in [6.45, 7) is 1.79. The largest absolute Gasteiger partial charge is 0.456 e. The topological polar surface area (TPSA) is 109 Å². The molecule has 10 heteroatoms. The first-order valence-corrected chi connectivity index (χ1v) is 11.1. The summed E-state index contributed by atoms with van der Waals surface area (Å²) in [6, 6.07) is 11.2. The first-order chi connectivity index (χ1) is 15.4. The molecule has 0 aliphatic carbocycles. The Morgan fingerprint density at radius 1 is 1.09 bits per heavy atom. The second-order valence-corrected chi connectivity index (χ2v) is 9.28. The number of hydrogen-bond acceptors (Lipinski definition) is 8. The van der Waals surface area contributed by atoms with Crippen LogP contribution in [0.25, 0.3) is 30.9 Å². The molecule has 0 aliphatic rings. The predicted octanol–water partition coefficient (Wildman–Crippen LogP) is 5.25. The number of rotatable bonds is 4. The quantitative estimate of drug-likeness (QED) is 0.287. The summed E-state index contributed by atoms with van der Waals surface area (Å²) in [5.41, 5.74) is 7.16. The lowest BCUT2D eigenvalue weighted by Gasteiger charge is -2.07. The van der Waals surface area contributed by atoms with Crippen LogP contribution in [-0.2, 0) is 11.8 Å². The molecule has 1 amide bonds. The highest BCUT2D eigenvalue weighted by Crippen LogP contribution is 2.40. The number of thiophene rings is 2. The number of hydrogen-bond donors (Lipinski definition) is 1. The SMILES string of the molecule is Cc1sc2cc(Oc3ccnc4cc(-c5ccnn5C)sc34)ccc2c1C(=O)OC(N)=O. The minimum Gasteiger partial charge on any atom is -0.456 e. The summed E-state index contributed by atoms with van der Waals surface area (Å²) in [7, 11) is 1.90. The Kier molecular flexibility index (Phi) is 4.87. The average Bonchev–Trinajstić information content (AvgIpc) is 3.43. The van der Waals surface area contributed by atoms with E-state index in [2.05, 4.69) is 14.8 Å². The lowest BCUT2D eigenvalue weighted by Crippen LogP contribution is -2.18. The Morgan fingerprint density at radius 2 is 1.94 bits per heavy atom. The number of nitrogens with zero attached hydrogens (tertiary/aromatic N) is 3. The van der Waals surface area contributed by atoms with E-state index >= 15 is 0 Å². The standard InChI is InChI=1S/C22H16N4O4S2/c1-11-19(21(27)30-22(23)28)13-4-3-12(9-17(13)31-11)29-16-6-7-24-14-10-18(32-20(14)16)15-5-8-25-26(15)2/h3-10H,1-2H3,(H2,23,28). The number of ether oxygens (including phenoxy) is 2. The van der Waals surface area contributed by atoms with Crippen LogP contribution in [-0.4, -0.2) is 26.8 Å². The zero-order valence-electron chi connectivity index (χ0n) is 17.0. The van der Waals surface area contributed by atoms with Crippen LogP contribution < -0.4 is 10.5 Å². The smallest absolute Gasteiger partial charge is 0.412 e. The van der Waals surface area contributed by atoms with Gasteiger partial charge in [0.25, 0.3) is 0 Å². The van der Waals surface area contributed by atoms with Crippen LogP contribution in [0, 0.1) is 6.92 Å². The van der Waals surface area contributed by atoms with Crippen LogP contribution in [0.3, 0.4) is 0 Å². The van der Waals surface area contributed by atoms with E-state index in [-0.39, 0.29) is 0 Å². The van der Waals surface area contributed by atoms with Crippen molar-refractivity contribution in [2.75, 3.05) is 0 Å². The van der Waals surface area contributed by atoms with Crippen LogP contribution in [0.4, 0.5) is 4.79 Å². The number of aryl methyl sites for hydroxylation is 2. The Labute approximate surface area is 189 Å². The molecule has 0 fully saturated rings. The summed E-state index contributed by atoms with van der Waals surface area (Å²) in [6.07, 6.45) is 2.34. The van der Waals surface area contributed by atoms with Crippen LogP contribution in [0.15, 0.2) is 48.8 Å². The monoisotopic (exact) mass is 464 g/mol. The van der Waals surface area contributed by atoms with Crippen LogP contribution in [0.2, 0.25) is 0 Å². The molecule has 0 saturated carbocycles.